The molecule has 0 saturated heterocycles. The Bertz CT molecular complexity index is 1210. The second-order valence-corrected chi connectivity index (χ2v) is 13.4. The van der Waals surface area contributed by atoms with Crippen molar-refractivity contribution in [3.05, 3.63) is 71.8 Å². The van der Waals surface area contributed by atoms with E-state index >= 15 is 0 Å². The minimum atomic E-state index is 0.504. The summed E-state index contributed by atoms with van der Waals surface area (Å²) < 4.78 is 11.9. The van der Waals surface area contributed by atoms with E-state index in [2.05, 4.69) is 26.0 Å². The van der Waals surface area contributed by atoms with Crippen LogP contribution in [-0.4, -0.2) is 13.2 Å². The van der Waals surface area contributed by atoms with E-state index in [9.17, 15) is 10.5 Å². The highest BCUT2D eigenvalue weighted by molar-refractivity contribution is 8.00. The second kappa shape index (κ2) is 21.6. The fourth-order valence-corrected chi connectivity index (χ4v) is 6.77. The molecule has 0 aliphatic heterocycles. The second-order valence-electron chi connectivity index (χ2n) is 11.2. The van der Waals surface area contributed by atoms with E-state index < -0.39 is 0 Å². The molecule has 0 amide bonds. The van der Waals surface area contributed by atoms with Gasteiger partial charge in [-0.1, -0.05) is 114 Å². The Morgan fingerprint density at radius 2 is 0.864 bits per heavy atom. The van der Waals surface area contributed by atoms with E-state index in [1.165, 1.54) is 101 Å². The van der Waals surface area contributed by atoms with Crippen LogP contribution in [0.15, 0.2) is 80.2 Å². The first-order valence-corrected chi connectivity index (χ1v) is 18.1. The van der Waals surface area contributed by atoms with Crippen molar-refractivity contribution in [1.82, 2.24) is 0 Å². The third-order valence-corrected chi connectivity index (χ3v) is 9.59. The normalized spacial score (nSPS) is 10.7. The van der Waals surface area contributed by atoms with Crippen molar-refractivity contribution in [2.24, 2.45) is 0 Å². The zero-order valence-electron chi connectivity index (χ0n) is 26.6. The molecule has 6 heteroatoms. The van der Waals surface area contributed by atoms with Gasteiger partial charge < -0.3 is 9.47 Å². The van der Waals surface area contributed by atoms with Gasteiger partial charge in [-0.3, -0.25) is 0 Å². The molecule has 0 radical (unpaired) electrons. The largest absolute Gasteiger partial charge is 0.494 e. The SMILES string of the molecule is CCCCCCCCCOc1ccc(Sc2cc(Sc3ccc(OCCCCCCCCC)cc3)c(C#N)cc2C#N)cc1. The molecule has 3 rings (SSSR count). The minimum Gasteiger partial charge on any atom is -0.494 e. The lowest BCUT2D eigenvalue weighted by molar-refractivity contribution is 0.304. The first-order valence-electron chi connectivity index (χ1n) is 16.5. The summed E-state index contributed by atoms with van der Waals surface area (Å²) in [5.41, 5.74) is 1.01. The molecule has 3 aromatic carbocycles. The first kappa shape index (κ1) is 35.4. The summed E-state index contributed by atoms with van der Waals surface area (Å²) in [6, 6.07) is 24.3. The number of hydrogen-bond acceptors (Lipinski definition) is 6. The molecule has 0 aromatic heterocycles. The molecule has 0 bridgehead atoms. The summed E-state index contributed by atoms with van der Waals surface area (Å²) >= 11 is 3.07. The van der Waals surface area contributed by atoms with Crippen LogP contribution < -0.4 is 9.47 Å². The highest BCUT2D eigenvalue weighted by Gasteiger charge is 2.13. The molecule has 0 fully saturated rings. The van der Waals surface area contributed by atoms with E-state index in [1.54, 1.807) is 6.07 Å². The highest BCUT2D eigenvalue weighted by atomic mass is 32.2. The van der Waals surface area contributed by atoms with E-state index in [0.29, 0.717) is 11.1 Å². The van der Waals surface area contributed by atoms with Crippen molar-refractivity contribution >= 4 is 23.5 Å². The van der Waals surface area contributed by atoms with Gasteiger partial charge in [0.15, 0.2) is 0 Å². The quantitative estimate of drug-likeness (QED) is 0.103. The zero-order chi connectivity index (χ0) is 31.2. The van der Waals surface area contributed by atoms with E-state index in [4.69, 9.17) is 9.47 Å². The van der Waals surface area contributed by atoms with Crippen LogP contribution in [0.3, 0.4) is 0 Å². The molecule has 0 unspecified atom stereocenters. The van der Waals surface area contributed by atoms with Gasteiger partial charge in [-0.25, -0.2) is 0 Å². The molecule has 0 aliphatic carbocycles. The fraction of sp³-hybridized carbons (Fsp3) is 0.474. The summed E-state index contributed by atoms with van der Waals surface area (Å²) in [6.45, 7) is 5.97. The molecule has 0 spiro atoms. The molecular formula is C38H48N2O2S2. The Morgan fingerprint density at radius 1 is 0.500 bits per heavy atom. The number of hydrogen-bond donors (Lipinski definition) is 0. The molecule has 0 N–H and O–H groups in total. The van der Waals surface area contributed by atoms with Crippen LogP contribution in [-0.2, 0) is 0 Å². The monoisotopic (exact) mass is 628 g/mol. The number of nitrogens with zero attached hydrogens (tertiary/aromatic N) is 2. The average molecular weight is 629 g/mol. The van der Waals surface area contributed by atoms with Crippen LogP contribution in [0.5, 0.6) is 11.5 Å². The van der Waals surface area contributed by atoms with Crippen molar-refractivity contribution in [2.75, 3.05) is 13.2 Å². The molecule has 0 saturated carbocycles. The Labute approximate surface area is 274 Å². The first-order chi connectivity index (χ1) is 21.7. The van der Waals surface area contributed by atoms with Crippen molar-refractivity contribution in [3.8, 4) is 23.6 Å². The number of benzene rings is 3. The van der Waals surface area contributed by atoms with E-state index in [-0.39, 0.29) is 0 Å². The van der Waals surface area contributed by atoms with Crippen molar-refractivity contribution in [2.45, 2.75) is 123 Å². The molecule has 4 nitrogen and oxygen atoms in total. The fourth-order valence-electron chi connectivity index (χ4n) is 4.86. The lowest BCUT2D eigenvalue weighted by atomic mass is 10.1. The van der Waals surface area contributed by atoms with Crippen LogP contribution in [0.1, 0.15) is 115 Å². The standard InChI is InChI=1S/C38H48N2O2S2/c1-3-5-7-9-11-13-15-25-41-33-17-21-35(22-18-33)43-37-28-38(32(30-40)27-31(37)29-39)44-36-23-19-34(20-24-36)42-26-16-14-12-10-8-6-4-2/h17-24,27-28H,3-16,25-26H2,1-2H3. The summed E-state index contributed by atoms with van der Waals surface area (Å²) in [5.74, 6) is 1.73. The lowest BCUT2D eigenvalue weighted by Crippen LogP contribution is -1.97. The topological polar surface area (TPSA) is 66.0 Å². The smallest absolute Gasteiger partial charge is 0.119 e. The Kier molecular flexibility index (Phi) is 17.4. The van der Waals surface area contributed by atoms with Gasteiger partial charge in [0.05, 0.1) is 24.3 Å². The number of nitriles is 2. The number of rotatable bonds is 22. The van der Waals surface area contributed by atoms with Gasteiger partial charge in [0.25, 0.3) is 0 Å². The Hall–Kier alpha value is -3.06. The molecule has 3 aromatic rings. The van der Waals surface area contributed by atoms with Crippen LogP contribution in [0.25, 0.3) is 0 Å². The molecular weight excluding hydrogens is 581 g/mol. The van der Waals surface area contributed by atoms with Gasteiger partial charge >= 0.3 is 0 Å². The Balaban J connectivity index is 1.52. The maximum Gasteiger partial charge on any atom is 0.119 e. The van der Waals surface area contributed by atoms with Gasteiger partial charge in [-0.05, 0) is 73.5 Å². The van der Waals surface area contributed by atoms with Crippen LogP contribution >= 0.6 is 23.5 Å². The van der Waals surface area contributed by atoms with Gasteiger partial charge in [-0.2, -0.15) is 10.5 Å². The van der Waals surface area contributed by atoms with Gasteiger partial charge in [0.1, 0.15) is 23.6 Å². The van der Waals surface area contributed by atoms with E-state index in [0.717, 1.165) is 57.1 Å². The van der Waals surface area contributed by atoms with Crippen molar-refractivity contribution in [3.63, 3.8) is 0 Å². The predicted octanol–water partition coefficient (Wildman–Crippen LogP) is 12.0. The zero-order valence-corrected chi connectivity index (χ0v) is 28.2. The average Bonchev–Trinajstić information content (AvgIpc) is 3.05. The van der Waals surface area contributed by atoms with Crippen molar-refractivity contribution < 1.29 is 9.47 Å². The predicted molar refractivity (Wildman–Crippen MR) is 184 cm³/mol. The third-order valence-electron chi connectivity index (χ3n) is 7.46. The van der Waals surface area contributed by atoms with E-state index in [1.807, 2.05) is 54.6 Å². The summed E-state index contributed by atoms with van der Waals surface area (Å²) in [7, 11) is 0. The summed E-state index contributed by atoms with van der Waals surface area (Å²) in [5, 5.41) is 19.6. The third kappa shape index (κ3) is 13.3. The number of ether oxygens (including phenoxy) is 2. The molecule has 0 heterocycles. The maximum absolute atomic E-state index is 9.81. The van der Waals surface area contributed by atoms with Crippen LogP contribution in [0, 0.1) is 22.7 Å². The van der Waals surface area contributed by atoms with Crippen LogP contribution in [0.4, 0.5) is 0 Å². The van der Waals surface area contributed by atoms with Gasteiger partial charge in [-0.15, -0.1) is 0 Å². The molecule has 44 heavy (non-hydrogen) atoms. The van der Waals surface area contributed by atoms with Crippen LogP contribution in [0.2, 0.25) is 0 Å². The summed E-state index contributed by atoms with van der Waals surface area (Å²) in [6.07, 6.45) is 17.7. The van der Waals surface area contributed by atoms with Gasteiger partial charge in [0, 0.05) is 19.6 Å². The van der Waals surface area contributed by atoms with Gasteiger partial charge in [0.2, 0.25) is 0 Å². The lowest BCUT2D eigenvalue weighted by Gasteiger charge is -2.11. The molecule has 0 atom stereocenters. The highest BCUT2D eigenvalue weighted by Crippen LogP contribution is 2.38. The van der Waals surface area contributed by atoms with Crippen molar-refractivity contribution in [1.29, 1.82) is 10.5 Å². The minimum absolute atomic E-state index is 0.504. The Morgan fingerprint density at radius 3 is 1.23 bits per heavy atom. The molecule has 0 aliphatic rings. The molecule has 234 valence electrons. The number of unbranched alkanes of at least 4 members (excludes halogenated alkanes) is 12. The maximum atomic E-state index is 9.81. The summed E-state index contributed by atoms with van der Waals surface area (Å²) in [4.78, 5) is 3.71.